The number of hydrogen-bond donors (Lipinski definition) is 2. The van der Waals surface area contributed by atoms with Crippen molar-refractivity contribution in [2.45, 2.75) is 12.5 Å². The van der Waals surface area contributed by atoms with Crippen LogP contribution in [0.15, 0.2) is 24.3 Å². The van der Waals surface area contributed by atoms with E-state index in [1.165, 1.54) is 0 Å². The van der Waals surface area contributed by atoms with Gasteiger partial charge in [0, 0.05) is 24.7 Å². The van der Waals surface area contributed by atoms with Crippen molar-refractivity contribution in [2.75, 3.05) is 32.6 Å². The third kappa shape index (κ3) is 5.74. The highest BCUT2D eigenvalue weighted by Crippen LogP contribution is 2.17. The van der Waals surface area contributed by atoms with Gasteiger partial charge in [-0.2, -0.15) is 0 Å². The Morgan fingerprint density at radius 3 is 2.95 bits per heavy atom. The van der Waals surface area contributed by atoms with Crippen LogP contribution in [0, 0.1) is 12.3 Å². The van der Waals surface area contributed by atoms with E-state index < -0.39 is 6.04 Å². The molecule has 1 aromatic rings. The number of hydrogen-bond acceptors (Lipinski definition) is 4. The summed E-state index contributed by atoms with van der Waals surface area (Å²) in [5.41, 5.74) is 6.28. The lowest BCUT2D eigenvalue weighted by molar-refractivity contribution is -0.117. The first-order valence-electron chi connectivity index (χ1n) is 6.40. The van der Waals surface area contributed by atoms with Gasteiger partial charge in [0.25, 0.3) is 0 Å². The zero-order chi connectivity index (χ0) is 15.0. The summed E-state index contributed by atoms with van der Waals surface area (Å²) >= 11 is 0. The van der Waals surface area contributed by atoms with E-state index in [-0.39, 0.29) is 12.3 Å². The van der Waals surface area contributed by atoms with E-state index in [1.54, 1.807) is 12.1 Å². The smallest absolute Gasteiger partial charge is 0.242 e. The molecule has 0 saturated carbocycles. The second kappa shape index (κ2) is 8.20. The number of likely N-dealkylation sites (N-methyl/N-ethyl adjacent to an activating group) is 1. The maximum absolute atomic E-state index is 11.7. The Bertz CT molecular complexity index is 480. The van der Waals surface area contributed by atoms with E-state index >= 15 is 0 Å². The molecule has 1 amide bonds. The molecule has 0 aliphatic heterocycles. The average Bonchev–Trinajstić information content (AvgIpc) is 2.39. The summed E-state index contributed by atoms with van der Waals surface area (Å²) in [7, 11) is 3.96. The number of terminal acetylenes is 1. The molecule has 1 unspecified atom stereocenters. The van der Waals surface area contributed by atoms with E-state index in [2.05, 4.69) is 11.2 Å². The number of benzene rings is 1. The number of nitrogens with two attached hydrogens (primary N) is 1. The van der Waals surface area contributed by atoms with E-state index in [0.717, 1.165) is 6.54 Å². The van der Waals surface area contributed by atoms with Crippen LogP contribution >= 0.6 is 0 Å². The summed E-state index contributed by atoms with van der Waals surface area (Å²) in [6.07, 6.45) is 5.34. The van der Waals surface area contributed by atoms with Crippen LogP contribution in [0.4, 0.5) is 5.69 Å². The van der Waals surface area contributed by atoms with E-state index in [0.29, 0.717) is 18.0 Å². The van der Waals surface area contributed by atoms with Gasteiger partial charge in [-0.3, -0.25) is 4.79 Å². The molecular formula is C15H21N3O2. The van der Waals surface area contributed by atoms with Crippen molar-refractivity contribution < 1.29 is 9.53 Å². The highest BCUT2D eigenvalue weighted by Gasteiger charge is 2.12. The molecular weight excluding hydrogens is 254 g/mol. The van der Waals surface area contributed by atoms with Crippen LogP contribution in [0.5, 0.6) is 5.75 Å². The molecule has 0 aliphatic rings. The van der Waals surface area contributed by atoms with Gasteiger partial charge in [0.1, 0.15) is 12.4 Å². The number of carbonyl (C=O) groups is 1. The van der Waals surface area contributed by atoms with E-state index in [4.69, 9.17) is 16.9 Å². The molecule has 5 heteroatoms. The van der Waals surface area contributed by atoms with Gasteiger partial charge in [-0.1, -0.05) is 6.07 Å². The maximum atomic E-state index is 11.7. The second-order valence-corrected chi connectivity index (χ2v) is 4.68. The lowest BCUT2D eigenvalue weighted by atomic mass is 10.2. The first kappa shape index (κ1) is 16.0. The SMILES string of the molecule is C#CCC(N)C(=O)Nc1cccc(OCCN(C)C)c1. The van der Waals surface area contributed by atoms with Crippen LogP contribution in [-0.2, 0) is 4.79 Å². The minimum Gasteiger partial charge on any atom is -0.492 e. The Hall–Kier alpha value is -2.03. The number of ether oxygens (including phenoxy) is 1. The normalized spacial score (nSPS) is 11.8. The standard InChI is InChI=1S/C15H21N3O2/c1-4-6-14(16)15(19)17-12-7-5-8-13(11-12)20-10-9-18(2)3/h1,5,7-8,11,14H,6,9-10,16H2,2-3H3,(H,17,19). The molecule has 1 atom stereocenters. The van der Waals surface area contributed by atoms with Gasteiger partial charge in [0.15, 0.2) is 0 Å². The molecule has 0 heterocycles. The number of nitrogens with one attached hydrogen (secondary N) is 1. The lowest BCUT2D eigenvalue weighted by Gasteiger charge is -2.13. The van der Waals surface area contributed by atoms with Crippen LogP contribution in [0.25, 0.3) is 0 Å². The van der Waals surface area contributed by atoms with Crippen molar-refractivity contribution in [2.24, 2.45) is 5.73 Å². The van der Waals surface area contributed by atoms with Crippen LogP contribution in [0.1, 0.15) is 6.42 Å². The molecule has 108 valence electrons. The van der Waals surface area contributed by atoms with Crippen molar-refractivity contribution in [3.63, 3.8) is 0 Å². The highest BCUT2D eigenvalue weighted by atomic mass is 16.5. The second-order valence-electron chi connectivity index (χ2n) is 4.68. The first-order valence-corrected chi connectivity index (χ1v) is 6.40. The largest absolute Gasteiger partial charge is 0.492 e. The zero-order valence-electron chi connectivity index (χ0n) is 11.9. The third-order valence-corrected chi connectivity index (χ3v) is 2.58. The Kier molecular flexibility index (Phi) is 6.57. The quantitative estimate of drug-likeness (QED) is 0.726. The molecule has 20 heavy (non-hydrogen) atoms. The van der Waals surface area contributed by atoms with E-state index in [1.807, 2.05) is 31.1 Å². The fraction of sp³-hybridized carbons (Fsp3) is 0.400. The van der Waals surface area contributed by atoms with Crippen LogP contribution in [0.2, 0.25) is 0 Å². The number of amides is 1. The van der Waals surface area contributed by atoms with Gasteiger partial charge in [-0.05, 0) is 26.2 Å². The van der Waals surface area contributed by atoms with Crippen molar-refractivity contribution in [1.29, 1.82) is 0 Å². The third-order valence-electron chi connectivity index (χ3n) is 2.58. The van der Waals surface area contributed by atoms with Crippen molar-refractivity contribution >= 4 is 11.6 Å². The molecule has 3 N–H and O–H groups in total. The molecule has 0 fully saturated rings. The molecule has 1 aromatic carbocycles. The van der Waals surface area contributed by atoms with E-state index in [9.17, 15) is 4.79 Å². The number of nitrogens with zero attached hydrogens (tertiary/aromatic N) is 1. The van der Waals surface area contributed by atoms with Crippen LogP contribution in [-0.4, -0.2) is 44.1 Å². The molecule has 0 spiro atoms. The molecule has 0 radical (unpaired) electrons. The fourth-order valence-corrected chi connectivity index (χ4v) is 1.46. The fourth-order valence-electron chi connectivity index (χ4n) is 1.46. The zero-order valence-corrected chi connectivity index (χ0v) is 11.9. The van der Waals surface area contributed by atoms with Crippen LogP contribution < -0.4 is 15.8 Å². The Morgan fingerprint density at radius 2 is 2.30 bits per heavy atom. The van der Waals surface area contributed by atoms with Gasteiger partial charge >= 0.3 is 0 Å². The first-order chi connectivity index (χ1) is 9.52. The van der Waals surface area contributed by atoms with Crippen molar-refractivity contribution in [3.8, 4) is 18.1 Å². The van der Waals surface area contributed by atoms with Gasteiger partial charge in [-0.25, -0.2) is 0 Å². The minimum absolute atomic E-state index is 0.213. The van der Waals surface area contributed by atoms with Crippen molar-refractivity contribution in [3.05, 3.63) is 24.3 Å². The molecule has 0 aromatic heterocycles. The molecule has 5 nitrogen and oxygen atoms in total. The topological polar surface area (TPSA) is 67.6 Å². The summed E-state index contributed by atoms with van der Waals surface area (Å²) < 4.78 is 5.59. The van der Waals surface area contributed by atoms with Crippen LogP contribution in [0.3, 0.4) is 0 Å². The average molecular weight is 275 g/mol. The van der Waals surface area contributed by atoms with Gasteiger partial charge in [0.05, 0.1) is 6.04 Å². The number of rotatable bonds is 7. The maximum Gasteiger partial charge on any atom is 0.242 e. The summed E-state index contributed by atoms with van der Waals surface area (Å²) in [5, 5.41) is 2.72. The summed E-state index contributed by atoms with van der Waals surface area (Å²) in [6, 6.07) is 6.49. The molecule has 1 rings (SSSR count). The van der Waals surface area contributed by atoms with Gasteiger partial charge in [0.2, 0.25) is 5.91 Å². The Balaban J connectivity index is 2.55. The predicted molar refractivity (Wildman–Crippen MR) is 80.5 cm³/mol. The Labute approximate surface area is 120 Å². The Morgan fingerprint density at radius 1 is 1.55 bits per heavy atom. The summed E-state index contributed by atoms with van der Waals surface area (Å²) in [4.78, 5) is 13.8. The minimum atomic E-state index is -0.696. The molecule has 0 bridgehead atoms. The predicted octanol–water partition coefficient (Wildman–Crippen LogP) is 0.916. The monoisotopic (exact) mass is 275 g/mol. The summed E-state index contributed by atoms with van der Waals surface area (Å²) in [6.45, 7) is 1.41. The van der Waals surface area contributed by atoms with Crippen molar-refractivity contribution in [1.82, 2.24) is 4.90 Å². The molecule has 0 saturated heterocycles. The highest BCUT2D eigenvalue weighted by molar-refractivity contribution is 5.95. The number of carbonyl (C=O) groups excluding carboxylic acids is 1. The molecule has 0 aliphatic carbocycles. The van der Waals surface area contributed by atoms with Gasteiger partial charge in [-0.15, -0.1) is 12.3 Å². The summed E-state index contributed by atoms with van der Waals surface area (Å²) in [5.74, 6) is 2.77. The number of anilines is 1. The lowest BCUT2D eigenvalue weighted by Crippen LogP contribution is -2.35. The van der Waals surface area contributed by atoms with Gasteiger partial charge < -0.3 is 20.7 Å².